The van der Waals surface area contributed by atoms with Crippen molar-refractivity contribution in [2.75, 3.05) is 19.4 Å². The van der Waals surface area contributed by atoms with E-state index in [1.807, 2.05) is 84.7 Å². The minimum Gasteiger partial charge on any atom is -0.355 e. The molecule has 3 rings (SSSR count). The van der Waals surface area contributed by atoms with E-state index in [-0.39, 0.29) is 11.8 Å². The van der Waals surface area contributed by atoms with Gasteiger partial charge in [-0.05, 0) is 42.4 Å². The molecule has 0 saturated heterocycles. The second-order valence-corrected chi connectivity index (χ2v) is 6.86. The van der Waals surface area contributed by atoms with Crippen LogP contribution in [0.15, 0.2) is 84.9 Å². The van der Waals surface area contributed by atoms with Crippen molar-refractivity contribution in [2.45, 2.75) is 12.6 Å². The highest BCUT2D eigenvalue weighted by Crippen LogP contribution is 2.23. The van der Waals surface area contributed by atoms with E-state index in [9.17, 15) is 9.59 Å². The Hall–Kier alpha value is -3.44. The maximum absolute atomic E-state index is 13.1. The average molecular weight is 387 g/mol. The fourth-order valence-corrected chi connectivity index (χ4v) is 3.26. The van der Waals surface area contributed by atoms with Gasteiger partial charge in [-0.2, -0.15) is 0 Å². The molecule has 3 aromatic carbocycles. The lowest BCUT2D eigenvalue weighted by Crippen LogP contribution is -2.34. The molecule has 1 atom stereocenters. The Balaban J connectivity index is 1.80. The van der Waals surface area contributed by atoms with Gasteiger partial charge in [-0.15, -0.1) is 0 Å². The number of hydrogen-bond acceptors (Lipinski definition) is 3. The molecular formula is C24H25N3O2. The summed E-state index contributed by atoms with van der Waals surface area (Å²) in [4.78, 5) is 26.9. The minimum atomic E-state index is -0.449. The van der Waals surface area contributed by atoms with Crippen LogP contribution in [0.3, 0.4) is 0 Å². The summed E-state index contributed by atoms with van der Waals surface area (Å²) in [7, 11) is 3.54. The molecule has 0 heterocycles. The summed E-state index contributed by atoms with van der Waals surface area (Å²) in [6.45, 7) is 0.565. The Morgan fingerprint density at radius 3 is 2.03 bits per heavy atom. The van der Waals surface area contributed by atoms with Gasteiger partial charge in [0.1, 0.15) is 6.04 Å². The summed E-state index contributed by atoms with van der Waals surface area (Å²) in [6, 6.07) is 26.1. The van der Waals surface area contributed by atoms with Crippen molar-refractivity contribution in [3.8, 4) is 0 Å². The quantitative estimate of drug-likeness (QED) is 0.647. The number of benzene rings is 3. The summed E-state index contributed by atoms with van der Waals surface area (Å²) >= 11 is 0. The average Bonchev–Trinajstić information content (AvgIpc) is 2.75. The van der Waals surface area contributed by atoms with Crippen molar-refractivity contribution in [1.29, 1.82) is 0 Å². The van der Waals surface area contributed by atoms with Gasteiger partial charge in [0.25, 0.3) is 5.91 Å². The largest absolute Gasteiger partial charge is 0.355 e. The number of amides is 2. The summed E-state index contributed by atoms with van der Waals surface area (Å²) in [5, 5.41) is 5.62. The summed E-state index contributed by atoms with van der Waals surface area (Å²) in [5.41, 5.74) is 3.32. The zero-order valence-electron chi connectivity index (χ0n) is 16.6. The summed E-state index contributed by atoms with van der Waals surface area (Å²) in [5.74, 6) is -0.207. The molecule has 0 radical (unpaired) electrons. The van der Waals surface area contributed by atoms with Crippen molar-refractivity contribution >= 4 is 17.5 Å². The van der Waals surface area contributed by atoms with Gasteiger partial charge in [-0.3, -0.25) is 14.5 Å². The molecule has 0 saturated carbocycles. The first kappa shape index (κ1) is 20.3. The Morgan fingerprint density at radius 1 is 0.862 bits per heavy atom. The topological polar surface area (TPSA) is 61.4 Å². The standard InChI is InChI=1S/C24H25N3O2/c1-25-23(28)20-15-13-18(14-16-20)17-27(2)22(19-9-5-3-6-10-19)24(29)26-21-11-7-4-8-12-21/h3-16,22H,17H2,1-2H3,(H,25,28)(H,26,29). The SMILES string of the molecule is CNC(=O)c1ccc(CN(C)C(C(=O)Nc2ccccc2)c2ccccc2)cc1. The molecule has 0 spiro atoms. The van der Waals surface area contributed by atoms with Gasteiger partial charge in [0, 0.05) is 24.8 Å². The van der Waals surface area contributed by atoms with Crippen molar-refractivity contribution in [1.82, 2.24) is 10.2 Å². The predicted molar refractivity (Wildman–Crippen MR) is 116 cm³/mol. The first-order chi connectivity index (χ1) is 14.1. The van der Waals surface area contributed by atoms with Crippen LogP contribution in [0.1, 0.15) is 27.5 Å². The lowest BCUT2D eigenvalue weighted by molar-refractivity contribution is -0.121. The van der Waals surface area contributed by atoms with E-state index in [4.69, 9.17) is 0 Å². The second kappa shape index (κ2) is 9.66. The van der Waals surface area contributed by atoms with Crippen LogP contribution >= 0.6 is 0 Å². The Morgan fingerprint density at radius 2 is 1.45 bits per heavy atom. The first-order valence-electron chi connectivity index (χ1n) is 9.50. The molecule has 0 aliphatic carbocycles. The van der Waals surface area contributed by atoms with Gasteiger partial charge in [0.05, 0.1) is 0 Å². The molecule has 0 fully saturated rings. The molecule has 0 bridgehead atoms. The van der Waals surface area contributed by atoms with E-state index in [1.54, 1.807) is 19.2 Å². The fraction of sp³-hybridized carbons (Fsp3) is 0.167. The maximum atomic E-state index is 13.1. The van der Waals surface area contributed by atoms with Crippen LogP contribution in [0.4, 0.5) is 5.69 Å². The number of nitrogens with one attached hydrogen (secondary N) is 2. The van der Waals surface area contributed by atoms with Crippen molar-refractivity contribution in [2.24, 2.45) is 0 Å². The predicted octanol–water partition coefficient (Wildman–Crippen LogP) is 3.86. The van der Waals surface area contributed by atoms with E-state index in [1.165, 1.54) is 0 Å². The van der Waals surface area contributed by atoms with E-state index in [2.05, 4.69) is 10.6 Å². The van der Waals surface area contributed by atoms with Gasteiger partial charge >= 0.3 is 0 Å². The molecule has 0 aliphatic heterocycles. The molecular weight excluding hydrogens is 362 g/mol. The van der Waals surface area contributed by atoms with Crippen molar-refractivity contribution in [3.05, 3.63) is 102 Å². The number of hydrogen-bond donors (Lipinski definition) is 2. The summed E-state index contributed by atoms with van der Waals surface area (Å²) < 4.78 is 0. The minimum absolute atomic E-state index is 0.0909. The van der Waals surface area contributed by atoms with Crippen LogP contribution in [0, 0.1) is 0 Å². The number of likely N-dealkylation sites (N-methyl/N-ethyl adjacent to an activating group) is 1. The highest BCUT2D eigenvalue weighted by Gasteiger charge is 2.25. The van der Waals surface area contributed by atoms with E-state index >= 15 is 0 Å². The highest BCUT2D eigenvalue weighted by molar-refractivity contribution is 5.95. The Bertz CT molecular complexity index is 941. The zero-order chi connectivity index (χ0) is 20.6. The lowest BCUT2D eigenvalue weighted by Gasteiger charge is -2.27. The van der Waals surface area contributed by atoms with E-state index < -0.39 is 6.04 Å². The molecule has 3 aromatic rings. The molecule has 0 aromatic heterocycles. The van der Waals surface area contributed by atoms with E-state index in [0.29, 0.717) is 12.1 Å². The molecule has 29 heavy (non-hydrogen) atoms. The fourth-order valence-electron chi connectivity index (χ4n) is 3.26. The van der Waals surface area contributed by atoms with Gasteiger partial charge in [-0.1, -0.05) is 60.7 Å². The van der Waals surface area contributed by atoms with Crippen molar-refractivity contribution in [3.63, 3.8) is 0 Å². The number of nitrogens with zero attached hydrogens (tertiary/aromatic N) is 1. The molecule has 2 N–H and O–H groups in total. The van der Waals surface area contributed by atoms with Crippen LogP contribution in [0.5, 0.6) is 0 Å². The molecule has 0 aliphatic rings. The molecule has 5 nitrogen and oxygen atoms in total. The van der Waals surface area contributed by atoms with Crippen molar-refractivity contribution < 1.29 is 9.59 Å². The number of para-hydroxylation sites is 1. The number of anilines is 1. The maximum Gasteiger partial charge on any atom is 0.251 e. The normalized spacial score (nSPS) is 11.7. The molecule has 5 heteroatoms. The summed E-state index contributed by atoms with van der Waals surface area (Å²) in [6.07, 6.45) is 0. The number of rotatable bonds is 7. The smallest absolute Gasteiger partial charge is 0.251 e. The van der Waals surface area contributed by atoms with Gasteiger partial charge in [0.15, 0.2) is 0 Å². The molecule has 1 unspecified atom stereocenters. The van der Waals surface area contributed by atoms with E-state index in [0.717, 1.165) is 16.8 Å². The third-order valence-electron chi connectivity index (χ3n) is 4.72. The molecule has 2 amide bonds. The van der Waals surface area contributed by atoms with Crippen LogP contribution in [-0.4, -0.2) is 30.8 Å². The lowest BCUT2D eigenvalue weighted by atomic mass is 10.0. The van der Waals surface area contributed by atoms with Gasteiger partial charge in [-0.25, -0.2) is 0 Å². The third kappa shape index (κ3) is 5.30. The van der Waals surface area contributed by atoms with Gasteiger partial charge < -0.3 is 10.6 Å². The number of carbonyl (C=O) groups excluding carboxylic acids is 2. The number of carbonyl (C=O) groups is 2. The Kier molecular flexibility index (Phi) is 6.76. The Labute approximate surface area is 171 Å². The first-order valence-corrected chi connectivity index (χ1v) is 9.50. The third-order valence-corrected chi connectivity index (χ3v) is 4.72. The zero-order valence-corrected chi connectivity index (χ0v) is 16.6. The second-order valence-electron chi connectivity index (χ2n) is 6.86. The monoisotopic (exact) mass is 387 g/mol. The molecule has 148 valence electrons. The van der Waals surface area contributed by atoms with Gasteiger partial charge in [0.2, 0.25) is 5.91 Å². The van der Waals surface area contributed by atoms with Crippen LogP contribution in [0.2, 0.25) is 0 Å². The van der Waals surface area contributed by atoms with Crippen LogP contribution in [-0.2, 0) is 11.3 Å². The highest BCUT2D eigenvalue weighted by atomic mass is 16.2. The van der Waals surface area contributed by atoms with Crippen LogP contribution < -0.4 is 10.6 Å². The van der Waals surface area contributed by atoms with Crippen LogP contribution in [0.25, 0.3) is 0 Å².